The molecule has 0 saturated carbocycles. The Labute approximate surface area is 172 Å². The molecule has 0 spiro atoms. The van der Waals surface area contributed by atoms with E-state index in [1.165, 1.54) is 54.4 Å². The van der Waals surface area contributed by atoms with Gasteiger partial charge in [-0.15, -0.1) is 10.2 Å². The zero-order valence-electron chi connectivity index (χ0n) is 16.1. The van der Waals surface area contributed by atoms with Crippen LogP contribution in [0.25, 0.3) is 0 Å². The number of aromatic nitrogens is 2. The van der Waals surface area contributed by atoms with Crippen LogP contribution in [0.2, 0.25) is 0 Å². The van der Waals surface area contributed by atoms with Crippen molar-refractivity contribution in [2.75, 3.05) is 14.1 Å². The third kappa shape index (κ3) is 5.34. The number of sulfonamides is 1. The number of hydrogen-bond donors (Lipinski definition) is 0. The number of nitrogens with zero attached hydrogens (tertiary/aromatic N) is 3. The van der Waals surface area contributed by atoms with Crippen LogP contribution in [0.1, 0.15) is 24.5 Å². The van der Waals surface area contributed by atoms with Gasteiger partial charge in [0.2, 0.25) is 10.0 Å². The molecule has 0 fully saturated rings. The molecule has 29 heavy (non-hydrogen) atoms. The van der Waals surface area contributed by atoms with Gasteiger partial charge in [0, 0.05) is 19.8 Å². The summed E-state index contributed by atoms with van der Waals surface area (Å²) in [6, 6.07) is 12.4. The van der Waals surface area contributed by atoms with E-state index in [-0.39, 0.29) is 10.7 Å². The minimum Gasteiger partial charge on any atom is -0.481 e. The standard InChI is InChI=1S/C19H20FN3O4S2/c1-13(26-16-9-7-15(20)8-10-16)18-21-22-19(27-18)28-12-14-5-4-6-17(11-14)29(24,25)23(2)3/h4-11,13H,12H2,1-3H3/t13-/m0/s1. The number of benzene rings is 2. The van der Waals surface area contributed by atoms with Gasteiger partial charge in [-0.1, -0.05) is 23.9 Å². The highest BCUT2D eigenvalue weighted by atomic mass is 32.2. The first-order chi connectivity index (χ1) is 13.8. The topological polar surface area (TPSA) is 85.5 Å². The number of ether oxygens (including phenoxy) is 1. The summed E-state index contributed by atoms with van der Waals surface area (Å²) in [6.07, 6.45) is -0.504. The first kappa shape index (κ1) is 21.3. The minimum atomic E-state index is -3.49. The van der Waals surface area contributed by atoms with Crippen LogP contribution in [0.3, 0.4) is 0 Å². The van der Waals surface area contributed by atoms with E-state index < -0.39 is 16.1 Å². The average Bonchev–Trinajstić information content (AvgIpc) is 3.17. The van der Waals surface area contributed by atoms with E-state index in [0.717, 1.165) is 5.56 Å². The van der Waals surface area contributed by atoms with Crippen molar-refractivity contribution in [2.45, 2.75) is 28.9 Å². The summed E-state index contributed by atoms with van der Waals surface area (Å²) in [5, 5.41) is 8.31. The van der Waals surface area contributed by atoms with Crippen LogP contribution in [0.5, 0.6) is 5.75 Å². The number of halogens is 1. The summed E-state index contributed by atoms with van der Waals surface area (Å²) >= 11 is 1.29. The van der Waals surface area contributed by atoms with E-state index in [0.29, 0.717) is 22.6 Å². The lowest BCUT2D eigenvalue weighted by atomic mass is 10.2. The van der Waals surface area contributed by atoms with Gasteiger partial charge < -0.3 is 9.15 Å². The average molecular weight is 438 g/mol. The Morgan fingerprint density at radius 1 is 1.17 bits per heavy atom. The normalized spacial score (nSPS) is 12.9. The molecule has 1 atom stereocenters. The highest BCUT2D eigenvalue weighted by Gasteiger charge is 2.18. The third-order valence-corrected chi connectivity index (χ3v) is 6.64. The van der Waals surface area contributed by atoms with E-state index in [2.05, 4.69) is 10.2 Å². The van der Waals surface area contributed by atoms with E-state index in [1.807, 2.05) is 6.07 Å². The fraction of sp³-hybridized carbons (Fsp3) is 0.263. The maximum atomic E-state index is 13.0. The zero-order valence-corrected chi connectivity index (χ0v) is 17.7. The molecule has 0 radical (unpaired) electrons. The quantitative estimate of drug-likeness (QED) is 0.494. The largest absolute Gasteiger partial charge is 0.481 e. The van der Waals surface area contributed by atoms with Gasteiger partial charge in [0.05, 0.1) is 4.90 Å². The van der Waals surface area contributed by atoms with Crippen molar-refractivity contribution in [3.05, 3.63) is 65.8 Å². The third-order valence-electron chi connectivity index (χ3n) is 3.94. The van der Waals surface area contributed by atoms with Crippen molar-refractivity contribution in [1.82, 2.24) is 14.5 Å². The second kappa shape index (κ2) is 8.93. The molecule has 0 N–H and O–H groups in total. The predicted molar refractivity (Wildman–Crippen MR) is 107 cm³/mol. The van der Waals surface area contributed by atoms with Gasteiger partial charge in [-0.3, -0.25) is 0 Å². The fourth-order valence-electron chi connectivity index (χ4n) is 2.36. The Kier molecular flexibility index (Phi) is 6.56. The maximum absolute atomic E-state index is 13.0. The Morgan fingerprint density at radius 2 is 1.90 bits per heavy atom. The highest BCUT2D eigenvalue weighted by Crippen LogP contribution is 2.27. The van der Waals surface area contributed by atoms with Gasteiger partial charge >= 0.3 is 0 Å². The van der Waals surface area contributed by atoms with Crippen LogP contribution in [0, 0.1) is 5.82 Å². The summed E-state index contributed by atoms with van der Waals surface area (Å²) in [4.78, 5) is 0.230. The molecule has 3 rings (SSSR count). The van der Waals surface area contributed by atoms with Crippen LogP contribution in [0.15, 0.2) is 63.1 Å². The molecule has 1 aromatic heterocycles. The molecule has 154 valence electrons. The zero-order chi connectivity index (χ0) is 21.0. The van der Waals surface area contributed by atoms with Crippen LogP contribution in [-0.2, 0) is 15.8 Å². The van der Waals surface area contributed by atoms with Crippen LogP contribution >= 0.6 is 11.8 Å². The Bertz CT molecular complexity index is 1070. The molecule has 0 bridgehead atoms. The summed E-state index contributed by atoms with van der Waals surface area (Å²) in [6.45, 7) is 1.75. The van der Waals surface area contributed by atoms with Crippen molar-refractivity contribution >= 4 is 21.8 Å². The van der Waals surface area contributed by atoms with E-state index in [4.69, 9.17) is 9.15 Å². The summed E-state index contributed by atoms with van der Waals surface area (Å²) in [5.41, 5.74) is 0.813. The molecule has 0 aliphatic carbocycles. The van der Waals surface area contributed by atoms with Gasteiger partial charge in [0.1, 0.15) is 11.6 Å². The second-order valence-electron chi connectivity index (χ2n) is 6.34. The smallest absolute Gasteiger partial charge is 0.277 e. The summed E-state index contributed by atoms with van der Waals surface area (Å²) < 4.78 is 49.9. The van der Waals surface area contributed by atoms with Crippen molar-refractivity contribution < 1.29 is 22.0 Å². The second-order valence-corrected chi connectivity index (χ2v) is 9.42. The van der Waals surface area contributed by atoms with Crippen molar-refractivity contribution in [3.63, 3.8) is 0 Å². The summed E-state index contributed by atoms with van der Waals surface area (Å²) in [5.74, 6) is 0.904. The first-order valence-corrected chi connectivity index (χ1v) is 11.1. The van der Waals surface area contributed by atoms with Gasteiger partial charge in [0.25, 0.3) is 11.1 Å². The Balaban J connectivity index is 1.63. The van der Waals surface area contributed by atoms with Gasteiger partial charge in [-0.05, 0) is 48.9 Å². The molecule has 3 aromatic rings. The molecular weight excluding hydrogens is 417 g/mol. The molecule has 2 aromatic carbocycles. The predicted octanol–water partition coefficient (Wildman–Crippen LogP) is 3.89. The molecule has 0 unspecified atom stereocenters. The van der Waals surface area contributed by atoms with Gasteiger partial charge in [0.15, 0.2) is 6.10 Å². The monoisotopic (exact) mass is 437 g/mol. The van der Waals surface area contributed by atoms with Crippen molar-refractivity contribution in [2.24, 2.45) is 0 Å². The minimum absolute atomic E-state index is 0.230. The van der Waals surface area contributed by atoms with Crippen LogP contribution in [0.4, 0.5) is 4.39 Å². The number of thioether (sulfide) groups is 1. The molecule has 0 amide bonds. The molecule has 7 nitrogen and oxygen atoms in total. The van der Waals surface area contributed by atoms with Gasteiger partial charge in [-0.25, -0.2) is 17.1 Å². The highest BCUT2D eigenvalue weighted by molar-refractivity contribution is 7.98. The SMILES string of the molecule is C[C@H](Oc1ccc(F)cc1)c1nnc(SCc2cccc(S(=O)(=O)N(C)C)c2)o1. The van der Waals surface area contributed by atoms with Gasteiger partial charge in [-0.2, -0.15) is 0 Å². The van der Waals surface area contributed by atoms with Crippen LogP contribution in [-0.4, -0.2) is 37.0 Å². The molecule has 0 aliphatic rings. The van der Waals surface area contributed by atoms with E-state index >= 15 is 0 Å². The summed E-state index contributed by atoms with van der Waals surface area (Å²) in [7, 11) is -0.505. The molecule has 0 saturated heterocycles. The lowest BCUT2D eigenvalue weighted by molar-refractivity contribution is 0.181. The van der Waals surface area contributed by atoms with E-state index in [9.17, 15) is 12.8 Å². The van der Waals surface area contributed by atoms with Crippen LogP contribution < -0.4 is 4.74 Å². The van der Waals surface area contributed by atoms with E-state index in [1.54, 1.807) is 25.1 Å². The lowest BCUT2D eigenvalue weighted by Crippen LogP contribution is -2.22. The van der Waals surface area contributed by atoms with Crippen molar-refractivity contribution in [3.8, 4) is 5.75 Å². The molecule has 0 aliphatic heterocycles. The lowest BCUT2D eigenvalue weighted by Gasteiger charge is -2.12. The van der Waals surface area contributed by atoms with Crippen molar-refractivity contribution in [1.29, 1.82) is 0 Å². The Morgan fingerprint density at radius 3 is 2.59 bits per heavy atom. The maximum Gasteiger partial charge on any atom is 0.277 e. The fourth-order valence-corrected chi connectivity index (χ4v) is 4.05. The molecular formula is C19H20FN3O4S2. The molecule has 10 heteroatoms. The molecule has 1 heterocycles. The number of rotatable bonds is 8. The first-order valence-electron chi connectivity index (χ1n) is 8.65. The Hall–Kier alpha value is -2.43. The number of hydrogen-bond acceptors (Lipinski definition) is 7.